The topological polar surface area (TPSA) is 50.3 Å². The van der Waals surface area contributed by atoms with Crippen molar-refractivity contribution in [3.63, 3.8) is 0 Å². The lowest BCUT2D eigenvalue weighted by atomic mass is 10.2. The van der Waals surface area contributed by atoms with Gasteiger partial charge in [-0.05, 0) is 7.05 Å². The van der Waals surface area contributed by atoms with E-state index < -0.39 is 0 Å². The number of nitrogens with zero attached hydrogens (tertiary/aromatic N) is 3. The minimum atomic E-state index is 0.610. The molecule has 1 aromatic rings. The molecule has 14 heavy (non-hydrogen) atoms. The summed E-state index contributed by atoms with van der Waals surface area (Å²) >= 11 is 1.17. The third kappa shape index (κ3) is 1.71. The third-order valence-electron chi connectivity index (χ3n) is 2.03. The van der Waals surface area contributed by atoms with E-state index in [1.165, 1.54) is 11.7 Å². The zero-order valence-electron chi connectivity index (χ0n) is 8.15. The van der Waals surface area contributed by atoms with Crippen molar-refractivity contribution in [2.24, 2.45) is 0 Å². The van der Waals surface area contributed by atoms with E-state index in [1.54, 1.807) is 7.11 Å². The van der Waals surface area contributed by atoms with Crippen LogP contribution in [0.1, 0.15) is 5.69 Å². The SMILES string of the molecule is COc1nsnc1C1=CNCN(C)C1. The van der Waals surface area contributed by atoms with Crippen molar-refractivity contribution in [2.75, 3.05) is 27.4 Å². The maximum Gasteiger partial charge on any atom is 0.253 e. The lowest BCUT2D eigenvalue weighted by Gasteiger charge is -2.23. The standard InChI is InChI=1S/C8H12N4OS/c1-12-4-6(3-9-5-12)7-8(13-2)11-14-10-7/h3,9H,4-5H2,1-2H3. The summed E-state index contributed by atoms with van der Waals surface area (Å²) in [5.74, 6) is 0.610. The monoisotopic (exact) mass is 212 g/mol. The molecular weight excluding hydrogens is 200 g/mol. The number of nitrogens with one attached hydrogen (secondary N) is 1. The molecule has 1 N–H and O–H groups in total. The average Bonchev–Trinajstić information content (AvgIpc) is 2.65. The van der Waals surface area contributed by atoms with E-state index in [1.807, 2.05) is 13.2 Å². The maximum absolute atomic E-state index is 5.12. The van der Waals surface area contributed by atoms with Crippen molar-refractivity contribution in [1.29, 1.82) is 0 Å². The van der Waals surface area contributed by atoms with Gasteiger partial charge in [0.1, 0.15) is 5.69 Å². The average molecular weight is 212 g/mol. The molecule has 1 aromatic heterocycles. The predicted octanol–water partition coefficient (Wildman–Crippen LogP) is 0.380. The molecule has 76 valence electrons. The van der Waals surface area contributed by atoms with Gasteiger partial charge in [0.05, 0.1) is 25.5 Å². The van der Waals surface area contributed by atoms with Crippen molar-refractivity contribution in [2.45, 2.75) is 0 Å². The Hall–Kier alpha value is -1.14. The summed E-state index contributed by atoms with van der Waals surface area (Å²) in [7, 11) is 3.66. The molecule has 0 radical (unpaired) electrons. The Morgan fingerprint density at radius 2 is 2.43 bits per heavy atom. The lowest BCUT2D eigenvalue weighted by Crippen LogP contribution is -2.34. The molecule has 0 spiro atoms. The molecule has 0 amide bonds. The van der Waals surface area contributed by atoms with E-state index in [4.69, 9.17) is 4.74 Å². The van der Waals surface area contributed by atoms with Crippen LogP contribution in [-0.2, 0) is 0 Å². The Kier molecular flexibility index (Phi) is 2.64. The van der Waals surface area contributed by atoms with E-state index in [0.717, 1.165) is 24.5 Å². The van der Waals surface area contributed by atoms with Crippen molar-refractivity contribution in [3.8, 4) is 5.88 Å². The summed E-state index contributed by atoms with van der Waals surface area (Å²) in [4.78, 5) is 2.16. The Balaban J connectivity index is 2.26. The fraction of sp³-hybridized carbons (Fsp3) is 0.500. The minimum Gasteiger partial charge on any atom is -0.479 e. The normalized spacial score (nSPS) is 17.4. The summed E-state index contributed by atoms with van der Waals surface area (Å²) in [6, 6.07) is 0. The number of methoxy groups -OCH3 is 1. The molecule has 1 aliphatic rings. The van der Waals surface area contributed by atoms with E-state index in [-0.39, 0.29) is 0 Å². The first-order valence-electron chi connectivity index (χ1n) is 4.29. The molecule has 5 nitrogen and oxygen atoms in total. The van der Waals surface area contributed by atoms with Gasteiger partial charge in [0.15, 0.2) is 0 Å². The number of rotatable bonds is 2. The van der Waals surface area contributed by atoms with Crippen LogP contribution >= 0.6 is 11.7 Å². The van der Waals surface area contributed by atoms with E-state index in [0.29, 0.717) is 5.88 Å². The maximum atomic E-state index is 5.12. The summed E-state index contributed by atoms with van der Waals surface area (Å²) in [6.07, 6.45) is 1.97. The van der Waals surface area contributed by atoms with Crippen LogP contribution in [-0.4, -0.2) is 41.0 Å². The first kappa shape index (κ1) is 9.42. The van der Waals surface area contributed by atoms with E-state index >= 15 is 0 Å². The fourth-order valence-corrected chi connectivity index (χ4v) is 1.92. The first-order valence-corrected chi connectivity index (χ1v) is 5.02. The van der Waals surface area contributed by atoms with E-state index in [9.17, 15) is 0 Å². The number of aromatic nitrogens is 2. The lowest BCUT2D eigenvalue weighted by molar-refractivity contribution is 0.347. The molecule has 0 aromatic carbocycles. The molecule has 0 saturated heterocycles. The van der Waals surface area contributed by atoms with Crippen LogP contribution in [0.25, 0.3) is 5.57 Å². The molecule has 0 saturated carbocycles. The number of hydrogen-bond acceptors (Lipinski definition) is 6. The Labute approximate surface area is 86.7 Å². The van der Waals surface area contributed by atoms with Crippen LogP contribution in [0.2, 0.25) is 0 Å². The molecule has 6 heteroatoms. The van der Waals surface area contributed by atoms with Gasteiger partial charge < -0.3 is 10.1 Å². The quantitative estimate of drug-likeness (QED) is 0.768. The van der Waals surface area contributed by atoms with Crippen molar-refractivity contribution < 1.29 is 4.74 Å². The van der Waals surface area contributed by atoms with Crippen LogP contribution in [0.4, 0.5) is 0 Å². The minimum absolute atomic E-state index is 0.610. The predicted molar refractivity (Wildman–Crippen MR) is 55.1 cm³/mol. The van der Waals surface area contributed by atoms with E-state index in [2.05, 4.69) is 19.0 Å². The fourth-order valence-electron chi connectivity index (χ4n) is 1.37. The zero-order valence-corrected chi connectivity index (χ0v) is 8.97. The molecule has 0 aliphatic carbocycles. The van der Waals surface area contributed by atoms with Crippen LogP contribution in [0.3, 0.4) is 0 Å². The van der Waals surface area contributed by atoms with Crippen LogP contribution < -0.4 is 10.1 Å². The van der Waals surface area contributed by atoms with Crippen molar-refractivity contribution in [1.82, 2.24) is 19.0 Å². The summed E-state index contributed by atoms with van der Waals surface area (Å²) < 4.78 is 13.4. The molecule has 2 heterocycles. The second-order valence-electron chi connectivity index (χ2n) is 3.17. The van der Waals surface area contributed by atoms with Crippen LogP contribution in [0.5, 0.6) is 5.88 Å². The molecule has 0 fully saturated rings. The smallest absolute Gasteiger partial charge is 0.253 e. The number of ether oxygens (including phenoxy) is 1. The Morgan fingerprint density at radius 1 is 1.57 bits per heavy atom. The molecule has 1 aliphatic heterocycles. The van der Waals surface area contributed by atoms with Gasteiger partial charge in [-0.25, -0.2) is 0 Å². The highest BCUT2D eigenvalue weighted by molar-refractivity contribution is 6.99. The van der Waals surface area contributed by atoms with Gasteiger partial charge in [-0.3, -0.25) is 4.90 Å². The number of hydrogen-bond donors (Lipinski definition) is 1. The zero-order chi connectivity index (χ0) is 9.97. The van der Waals surface area contributed by atoms with Crippen molar-refractivity contribution >= 4 is 17.3 Å². The first-order chi connectivity index (χ1) is 6.81. The Bertz CT molecular complexity index is 349. The van der Waals surface area contributed by atoms with Gasteiger partial charge in [-0.15, -0.1) is 4.37 Å². The van der Waals surface area contributed by atoms with Gasteiger partial charge in [0.2, 0.25) is 0 Å². The molecule has 0 bridgehead atoms. The molecule has 2 rings (SSSR count). The summed E-state index contributed by atoms with van der Waals surface area (Å²) in [5.41, 5.74) is 1.96. The van der Waals surface area contributed by atoms with Gasteiger partial charge in [0, 0.05) is 18.3 Å². The summed E-state index contributed by atoms with van der Waals surface area (Å²) in [5, 5.41) is 3.17. The Morgan fingerprint density at radius 3 is 3.14 bits per heavy atom. The highest BCUT2D eigenvalue weighted by atomic mass is 32.1. The molecule has 0 atom stereocenters. The molecule has 0 unspecified atom stereocenters. The van der Waals surface area contributed by atoms with Gasteiger partial charge in [-0.1, -0.05) is 0 Å². The third-order valence-corrected chi connectivity index (χ3v) is 2.55. The summed E-state index contributed by atoms with van der Waals surface area (Å²) in [6.45, 7) is 1.73. The largest absolute Gasteiger partial charge is 0.479 e. The highest BCUT2D eigenvalue weighted by Gasteiger charge is 2.17. The highest BCUT2D eigenvalue weighted by Crippen LogP contribution is 2.24. The van der Waals surface area contributed by atoms with Gasteiger partial charge in [-0.2, -0.15) is 4.37 Å². The van der Waals surface area contributed by atoms with Gasteiger partial charge >= 0.3 is 0 Å². The second kappa shape index (κ2) is 3.93. The molecular formula is C8H12N4OS. The van der Waals surface area contributed by atoms with Crippen molar-refractivity contribution in [3.05, 3.63) is 11.9 Å². The second-order valence-corrected chi connectivity index (χ2v) is 3.70. The number of likely N-dealkylation sites (N-methyl/N-ethyl adjacent to an activating group) is 1. The van der Waals surface area contributed by atoms with Crippen LogP contribution in [0, 0.1) is 0 Å². The van der Waals surface area contributed by atoms with Crippen LogP contribution in [0.15, 0.2) is 6.20 Å². The van der Waals surface area contributed by atoms with Gasteiger partial charge in [0.25, 0.3) is 5.88 Å².